The Hall–Kier alpha value is -1.77. The molecule has 0 aliphatic heterocycles. The number of benzene rings is 1. The molecule has 1 aromatic rings. The first-order valence-corrected chi connectivity index (χ1v) is 5.92. The van der Waals surface area contributed by atoms with Crippen LogP contribution in [0, 0.1) is 5.92 Å². The summed E-state index contributed by atoms with van der Waals surface area (Å²) in [7, 11) is 0. The molecule has 0 amide bonds. The van der Waals surface area contributed by atoms with Crippen LogP contribution in [0.2, 0.25) is 0 Å². The molecule has 0 saturated carbocycles. The van der Waals surface area contributed by atoms with Crippen molar-refractivity contribution in [2.45, 2.75) is 26.8 Å². The summed E-state index contributed by atoms with van der Waals surface area (Å²) in [5, 5.41) is 3.05. The predicted molar refractivity (Wildman–Crippen MR) is 70.0 cm³/mol. The first-order chi connectivity index (χ1) is 8.15. The van der Waals surface area contributed by atoms with Crippen molar-refractivity contribution in [2.75, 3.05) is 0 Å². The summed E-state index contributed by atoms with van der Waals surface area (Å²) in [5.74, 6) is -0.00200. The Bertz CT molecular complexity index is 384. The minimum Gasteiger partial charge on any atom is -0.395 e. The van der Waals surface area contributed by atoms with Gasteiger partial charge in [-0.25, -0.2) is 0 Å². The van der Waals surface area contributed by atoms with E-state index in [9.17, 15) is 4.79 Å². The van der Waals surface area contributed by atoms with Crippen molar-refractivity contribution >= 4 is 5.78 Å². The second-order valence-corrected chi connectivity index (χ2v) is 4.14. The van der Waals surface area contributed by atoms with Gasteiger partial charge in [0.15, 0.2) is 5.78 Å². The molecule has 0 bridgehead atoms. The first kappa shape index (κ1) is 13.3. The summed E-state index contributed by atoms with van der Waals surface area (Å²) in [6.07, 6.45) is 2.41. The highest BCUT2D eigenvalue weighted by Gasteiger charge is 2.12. The van der Waals surface area contributed by atoms with Gasteiger partial charge in [-0.3, -0.25) is 4.79 Å². The molecule has 0 saturated heterocycles. The maximum absolute atomic E-state index is 11.7. The molecule has 0 spiro atoms. The van der Waals surface area contributed by atoms with Crippen molar-refractivity contribution in [3.8, 4) is 0 Å². The van der Waals surface area contributed by atoms with E-state index in [1.54, 1.807) is 6.20 Å². The molecular weight excluding hydrogens is 212 g/mol. The third kappa shape index (κ3) is 4.31. The van der Waals surface area contributed by atoms with Crippen LogP contribution in [0.4, 0.5) is 0 Å². The van der Waals surface area contributed by atoms with Crippen LogP contribution in [0.3, 0.4) is 0 Å². The second-order valence-electron chi connectivity index (χ2n) is 4.14. The average Bonchev–Trinajstić information content (AvgIpc) is 2.38. The average molecular weight is 232 g/mol. The van der Waals surface area contributed by atoms with Crippen LogP contribution < -0.4 is 11.1 Å². The van der Waals surface area contributed by atoms with Gasteiger partial charge in [-0.2, -0.15) is 0 Å². The molecule has 0 aliphatic rings. The van der Waals surface area contributed by atoms with E-state index in [4.69, 9.17) is 5.73 Å². The molecule has 1 atom stereocenters. The molecular formula is C14H20N2O. The lowest BCUT2D eigenvalue weighted by atomic mass is 10.0. The van der Waals surface area contributed by atoms with Crippen molar-refractivity contribution in [3.05, 3.63) is 47.8 Å². The first-order valence-electron chi connectivity index (χ1n) is 5.92. The van der Waals surface area contributed by atoms with E-state index in [1.165, 1.54) is 0 Å². The number of allylic oxidation sites excluding steroid dienone is 1. The summed E-state index contributed by atoms with van der Waals surface area (Å²) in [4.78, 5) is 11.7. The summed E-state index contributed by atoms with van der Waals surface area (Å²) in [6.45, 7) is 4.54. The zero-order valence-corrected chi connectivity index (χ0v) is 10.4. The number of nitrogens with one attached hydrogen (secondary N) is 1. The van der Waals surface area contributed by atoms with Crippen molar-refractivity contribution in [2.24, 2.45) is 11.7 Å². The van der Waals surface area contributed by atoms with Crippen molar-refractivity contribution in [1.82, 2.24) is 5.32 Å². The quantitative estimate of drug-likeness (QED) is 0.739. The molecule has 92 valence electrons. The van der Waals surface area contributed by atoms with Gasteiger partial charge in [0.2, 0.25) is 0 Å². The minimum absolute atomic E-state index is 0.00746. The zero-order valence-electron chi connectivity index (χ0n) is 10.4. The Morgan fingerprint density at radius 1 is 1.41 bits per heavy atom. The van der Waals surface area contributed by atoms with E-state index in [2.05, 4.69) is 5.32 Å². The minimum atomic E-state index is -0.00947. The van der Waals surface area contributed by atoms with Crippen molar-refractivity contribution in [1.29, 1.82) is 0 Å². The van der Waals surface area contributed by atoms with Crippen molar-refractivity contribution in [3.63, 3.8) is 0 Å². The summed E-state index contributed by atoms with van der Waals surface area (Å²) in [5.41, 5.74) is 7.17. The molecule has 17 heavy (non-hydrogen) atoms. The molecule has 0 aliphatic carbocycles. The Morgan fingerprint density at radius 3 is 2.65 bits per heavy atom. The molecule has 0 heterocycles. The summed E-state index contributed by atoms with van der Waals surface area (Å²) in [6, 6.07) is 9.98. The maximum Gasteiger partial charge on any atom is 0.182 e. The van der Waals surface area contributed by atoms with Gasteiger partial charge < -0.3 is 11.1 Å². The SMILES string of the molecule is CCC(C)C(=O)/C(N)=C/NCc1ccccc1. The molecule has 3 heteroatoms. The lowest BCUT2D eigenvalue weighted by molar-refractivity contribution is -0.118. The molecule has 1 unspecified atom stereocenters. The number of rotatable bonds is 6. The van der Waals surface area contributed by atoms with Gasteiger partial charge in [-0.1, -0.05) is 44.2 Å². The number of Topliss-reactive ketones (excluding diaryl/α,β-unsaturated/α-hetero) is 1. The van der Waals surface area contributed by atoms with Crippen LogP contribution in [-0.4, -0.2) is 5.78 Å². The standard InChI is InChI=1S/C14H20N2O/c1-3-11(2)14(17)13(15)10-16-9-12-7-5-4-6-8-12/h4-8,10-11,16H,3,9,15H2,1-2H3/b13-10-. The monoisotopic (exact) mass is 232 g/mol. The van der Waals surface area contributed by atoms with Gasteiger partial charge in [-0.05, 0) is 12.0 Å². The van der Waals surface area contributed by atoms with E-state index in [1.807, 2.05) is 44.2 Å². The number of carbonyl (C=O) groups is 1. The fourth-order valence-electron chi connectivity index (χ4n) is 1.42. The van der Waals surface area contributed by atoms with Crippen LogP contribution in [0.15, 0.2) is 42.2 Å². The van der Waals surface area contributed by atoms with Gasteiger partial charge in [0.05, 0.1) is 5.70 Å². The number of ketones is 1. The van der Waals surface area contributed by atoms with Crippen LogP contribution in [0.25, 0.3) is 0 Å². The summed E-state index contributed by atoms with van der Waals surface area (Å²) >= 11 is 0. The lowest BCUT2D eigenvalue weighted by Crippen LogP contribution is -2.21. The molecule has 0 fully saturated rings. The molecule has 3 nitrogen and oxygen atoms in total. The van der Waals surface area contributed by atoms with Crippen LogP contribution in [0.1, 0.15) is 25.8 Å². The Morgan fingerprint density at radius 2 is 2.06 bits per heavy atom. The number of hydrogen-bond acceptors (Lipinski definition) is 3. The maximum atomic E-state index is 11.7. The van der Waals surface area contributed by atoms with Crippen LogP contribution in [0.5, 0.6) is 0 Å². The molecule has 1 aromatic carbocycles. The van der Waals surface area contributed by atoms with Gasteiger partial charge in [0.25, 0.3) is 0 Å². The highest BCUT2D eigenvalue weighted by atomic mass is 16.1. The number of carbonyl (C=O) groups excluding carboxylic acids is 1. The van der Waals surface area contributed by atoms with E-state index in [0.29, 0.717) is 12.2 Å². The fourth-order valence-corrected chi connectivity index (χ4v) is 1.42. The lowest BCUT2D eigenvalue weighted by Gasteiger charge is -2.08. The Kier molecular flexibility index (Phi) is 5.27. The fraction of sp³-hybridized carbons (Fsp3) is 0.357. The molecule has 1 rings (SSSR count). The van der Waals surface area contributed by atoms with Gasteiger partial charge in [-0.15, -0.1) is 0 Å². The van der Waals surface area contributed by atoms with Gasteiger partial charge in [0, 0.05) is 18.7 Å². The van der Waals surface area contributed by atoms with Gasteiger partial charge >= 0.3 is 0 Å². The van der Waals surface area contributed by atoms with Crippen molar-refractivity contribution < 1.29 is 4.79 Å². The largest absolute Gasteiger partial charge is 0.395 e. The molecule has 3 N–H and O–H groups in total. The topological polar surface area (TPSA) is 55.1 Å². The van der Waals surface area contributed by atoms with E-state index in [-0.39, 0.29) is 11.7 Å². The highest BCUT2D eigenvalue weighted by molar-refractivity contribution is 5.95. The summed E-state index contributed by atoms with van der Waals surface area (Å²) < 4.78 is 0. The Labute approximate surface area is 103 Å². The van der Waals surface area contributed by atoms with E-state index in [0.717, 1.165) is 12.0 Å². The third-order valence-corrected chi connectivity index (χ3v) is 2.75. The highest BCUT2D eigenvalue weighted by Crippen LogP contribution is 2.06. The number of nitrogens with two attached hydrogens (primary N) is 1. The van der Waals surface area contributed by atoms with Crippen LogP contribution >= 0.6 is 0 Å². The number of hydrogen-bond donors (Lipinski definition) is 2. The second kappa shape index (κ2) is 6.74. The van der Waals surface area contributed by atoms with E-state index < -0.39 is 0 Å². The normalized spacial score (nSPS) is 13.2. The van der Waals surface area contributed by atoms with E-state index >= 15 is 0 Å². The Balaban J connectivity index is 2.46. The molecule has 0 aromatic heterocycles. The van der Waals surface area contributed by atoms with Gasteiger partial charge in [0.1, 0.15) is 0 Å². The smallest absolute Gasteiger partial charge is 0.182 e. The predicted octanol–water partition coefficient (Wildman–Crippen LogP) is 2.19. The zero-order chi connectivity index (χ0) is 12.7. The molecule has 0 radical (unpaired) electrons. The third-order valence-electron chi connectivity index (χ3n) is 2.75. The van der Waals surface area contributed by atoms with Crippen LogP contribution in [-0.2, 0) is 11.3 Å².